The molecule has 0 saturated carbocycles. The summed E-state index contributed by atoms with van der Waals surface area (Å²) in [5.41, 5.74) is 7.43. The number of hydrogen-bond acceptors (Lipinski definition) is 3. The smallest absolute Gasteiger partial charge is 0.228 e. The fourth-order valence-electron chi connectivity index (χ4n) is 1.56. The lowest BCUT2D eigenvalue weighted by Gasteiger charge is -2.19. The fraction of sp³-hybridized carbons (Fsp3) is 0.533. The minimum Gasteiger partial charge on any atom is -0.330 e. The molecule has 0 aromatic heterocycles. The van der Waals surface area contributed by atoms with E-state index in [9.17, 15) is 4.79 Å². The molecule has 0 radical (unpaired) electrons. The van der Waals surface area contributed by atoms with E-state index in [1.54, 1.807) is 0 Å². The largest absolute Gasteiger partial charge is 0.330 e. The normalized spacial score (nSPS) is 13.2. The summed E-state index contributed by atoms with van der Waals surface area (Å²) in [6.45, 7) is 10.8. The van der Waals surface area contributed by atoms with Crippen molar-refractivity contribution in [1.29, 1.82) is 0 Å². The molecule has 1 atom stereocenters. The average Bonchev–Trinajstić information content (AvgIpc) is 2.29. The van der Waals surface area contributed by atoms with Crippen molar-refractivity contribution in [2.45, 2.75) is 44.3 Å². The third-order valence-corrected chi connectivity index (χ3v) is 3.78. The van der Waals surface area contributed by atoms with Crippen molar-refractivity contribution < 1.29 is 4.79 Å². The molecular formula is C15H24N2OS. The molecule has 0 aliphatic rings. The molecule has 1 unspecified atom stereocenters. The Morgan fingerprint density at radius 2 is 2.05 bits per heavy atom. The lowest BCUT2D eigenvalue weighted by Crippen LogP contribution is -2.26. The maximum absolute atomic E-state index is 11.8. The van der Waals surface area contributed by atoms with Crippen LogP contribution in [-0.4, -0.2) is 17.2 Å². The van der Waals surface area contributed by atoms with Gasteiger partial charge in [-0.3, -0.25) is 4.79 Å². The van der Waals surface area contributed by atoms with Crippen LogP contribution in [0.15, 0.2) is 23.1 Å². The van der Waals surface area contributed by atoms with Crippen LogP contribution >= 0.6 is 11.8 Å². The second-order valence-electron chi connectivity index (χ2n) is 5.82. The molecule has 4 heteroatoms. The number of nitrogens with one attached hydrogen (secondary N) is 1. The van der Waals surface area contributed by atoms with Gasteiger partial charge in [0.2, 0.25) is 5.91 Å². The first-order valence-corrected chi connectivity index (χ1v) is 7.35. The highest BCUT2D eigenvalue weighted by molar-refractivity contribution is 8.00. The Balaban J connectivity index is 2.81. The quantitative estimate of drug-likeness (QED) is 0.831. The van der Waals surface area contributed by atoms with E-state index in [4.69, 9.17) is 5.73 Å². The molecule has 1 aromatic carbocycles. The van der Waals surface area contributed by atoms with E-state index in [0.717, 1.165) is 11.3 Å². The molecule has 1 rings (SSSR count). The van der Waals surface area contributed by atoms with Crippen LogP contribution in [0.4, 0.5) is 5.69 Å². The molecule has 1 amide bonds. The summed E-state index contributed by atoms with van der Waals surface area (Å²) in [6.07, 6.45) is 0. The summed E-state index contributed by atoms with van der Waals surface area (Å²) in [5, 5.41) is 2.92. The number of benzene rings is 1. The number of carbonyl (C=O) groups excluding carboxylic acids is 1. The molecule has 3 nitrogen and oxygen atoms in total. The lowest BCUT2D eigenvalue weighted by atomic mass is 10.1. The van der Waals surface area contributed by atoms with Crippen LogP contribution in [0.1, 0.15) is 33.3 Å². The molecule has 3 N–H and O–H groups in total. The van der Waals surface area contributed by atoms with Crippen molar-refractivity contribution in [3.05, 3.63) is 23.8 Å². The average molecular weight is 280 g/mol. The second-order valence-corrected chi connectivity index (χ2v) is 7.72. The zero-order valence-electron chi connectivity index (χ0n) is 12.4. The highest BCUT2D eigenvalue weighted by atomic mass is 32.2. The van der Waals surface area contributed by atoms with Crippen molar-refractivity contribution in [3.8, 4) is 0 Å². The monoisotopic (exact) mass is 280 g/mol. The van der Waals surface area contributed by atoms with Crippen molar-refractivity contribution in [2.24, 2.45) is 11.7 Å². The molecular weight excluding hydrogens is 256 g/mol. The third-order valence-electron chi connectivity index (χ3n) is 2.68. The SMILES string of the molecule is Cc1cc(SC(C)(C)C)ccc1NC(=O)C(C)CN. The fourth-order valence-corrected chi connectivity index (χ4v) is 2.64. The summed E-state index contributed by atoms with van der Waals surface area (Å²) in [7, 11) is 0. The van der Waals surface area contributed by atoms with Gasteiger partial charge in [-0.1, -0.05) is 27.7 Å². The van der Waals surface area contributed by atoms with E-state index in [1.807, 2.05) is 37.7 Å². The number of rotatable bonds is 4. The van der Waals surface area contributed by atoms with Gasteiger partial charge < -0.3 is 11.1 Å². The number of nitrogens with two attached hydrogens (primary N) is 1. The molecule has 0 saturated heterocycles. The summed E-state index contributed by atoms with van der Waals surface area (Å²) in [4.78, 5) is 13.0. The standard InChI is InChI=1S/C15H24N2OS/c1-10-8-12(19-15(3,4)5)6-7-13(10)17-14(18)11(2)9-16/h6-8,11H,9,16H2,1-5H3,(H,17,18). The molecule has 1 aromatic rings. The van der Waals surface area contributed by atoms with Crippen molar-refractivity contribution in [3.63, 3.8) is 0 Å². The Morgan fingerprint density at radius 1 is 1.42 bits per heavy atom. The first kappa shape index (κ1) is 16.1. The van der Waals surface area contributed by atoms with Crippen LogP contribution in [0.2, 0.25) is 0 Å². The van der Waals surface area contributed by atoms with Gasteiger partial charge in [-0.25, -0.2) is 0 Å². The van der Waals surface area contributed by atoms with E-state index in [0.29, 0.717) is 6.54 Å². The van der Waals surface area contributed by atoms with Gasteiger partial charge in [0.1, 0.15) is 0 Å². The summed E-state index contributed by atoms with van der Waals surface area (Å²) >= 11 is 1.82. The number of carbonyl (C=O) groups is 1. The first-order valence-electron chi connectivity index (χ1n) is 6.53. The van der Waals surface area contributed by atoms with E-state index >= 15 is 0 Å². The second kappa shape index (κ2) is 6.44. The predicted molar refractivity (Wildman–Crippen MR) is 83.6 cm³/mol. The van der Waals surface area contributed by atoms with Gasteiger partial charge in [-0.15, -0.1) is 11.8 Å². The van der Waals surface area contributed by atoms with Gasteiger partial charge >= 0.3 is 0 Å². The highest BCUT2D eigenvalue weighted by Gasteiger charge is 2.14. The summed E-state index contributed by atoms with van der Waals surface area (Å²) in [5.74, 6) is -0.190. The first-order chi connectivity index (χ1) is 8.73. The number of anilines is 1. The zero-order chi connectivity index (χ0) is 14.6. The molecule has 106 valence electrons. The lowest BCUT2D eigenvalue weighted by molar-refractivity contribution is -0.119. The minimum atomic E-state index is -0.164. The number of thioether (sulfide) groups is 1. The van der Waals surface area contributed by atoms with Gasteiger partial charge in [-0.05, 0) is 30.7 Å². The molecule has 0 aliphatic carbocycles. The van der Waals surface area contributed by atoms with Gasteiger partial charge in [0, 0.05) is 27.8 Å². The van der Waals surface area contributed by atoms with Crippen molar-refractivity contribution in [1.82, 2.24) is 0 Å². The van der Waals surface area contributed by atoms with E-state index in [2.05, 4.69) is 32.2 Å². The molecule has 19 heavy (non-hydrogen) atoms. The van der Waals surface area contributed by atoms with Crippen LogP contribution in [0.5, 0.6) is 0 Å². The Morgan fingerprint density at radius 3 is 2.53 bits per heavy atom. The topological polar surface area (TPSA) is 55.1 Å². The Kier molecular flexibility index (Phi) is 5.44. The van der Waals surface area contributed by atoms with Crippen LogP contribution in [0.3, 0.4) is 0 Å². The van der Waals surface area contributed by atoms with Crippen LogP contribution in [0, 0.1) is 12.8 Å². The summed E-state index contributed by atoms with van der Waals surface area (Å²) < 4.78 is 0.186. The van der Waals surface area contributed by atoms with E-state index in [1.165, 1.54) is 4.90 Å². The maximum Gasteiger partial charge on any atom is 0.228 e. The number of hydrogen-bond donors (Lipinski definition) is 2. The molecule has 0 fully saturated rings. The van der Waals surface area contributed by atoms with Gasteiger partial charge in [0.25, 0.3) is 0 Å². The Hall–Kier alpha value is -1.00. The predicted octanol–water partition coefficient (Wildman–Crippen LogP) is 3.42. The van der Waals surface area contributed by atoms with E-state index < -0.39 is 0 Å². The maximum atomic E-state index is 11.8. The Labute approximate surface area is 120 Å². The van der Waals surface area contributed by atoms with Gasteiger partial charge in [-0.2, -0.15) is 0 Å². The van der Waals surface area contributed by atoms with Crippen LogP contribution in [0.25, 0.3) is 0 Å². The van der Waals surface area contributed by atoms with Crippen LogP contribution < -0.4 is 11.1 Å². The van der Waals surface area contributed by atoms with Gasteiger partial charge in [0.15, 0.2) is 0 Å². The molecule has 0 spiro atoms. The number of amides is 1. The van der Waals surface area contributed by atoms with Gasteiger partial charge in [0.05, 0.1) is 0 Å². The van der Waals surface area contributed by atoms with E-state index in [-0.39, 0.29) is 16.6 Å². The minimum absolute atomic E-state index is 0.0261. The number of aryl methyl sites for hydroxylation is 1. The molecule has 0 aliphatic heterocycles. The van der Waals surface area contributed by atoms with Crippen molar-refractivity contribution in [2.75, 3.05) is 11.9 Å². The third kappa shape index (κ3) is 5.25. The zero-order valence-corrected chi connectivity index (χ0v) is 13.2. The Bertz CT molecular complexity index is 452. The van der Waals surface area contributed by atoms with Crippen molar-refractivity contribution >= 4 is 23.4 Å². The van der Waals surface area contributed by atoms with Crippen LogP contribution in [-0.2, 0) is 4.79 Å². The highest BCUT2D eigenvalue weighted by Crippen LogP contribution is 2.33. The molecule has 0 bridgehead atoms. The summed E-state index contributed by atoms with van der Waals surface area (Å²) in [6, 6.07) is 6.12. The molecule has 0 heterocycles.